The van der Waals surface area contributed by atoms with Crippen LogP contribution in [0.15, 0.2) is 40.6 Å². The third-order valence-corrected chi connectivity index (χ3v) is 4.88. The summed E-state index contributed by atoms with van der Waals surface area (Å²) >= 11 is 0. The maximum Gasteiger partial charge on any atom is 0.223 e. The summed E-state index contributed by atoms with van der Waals surface area (Å²) in [5.41, 5.74) is 0.817. The highest BCUT2D eigenvalue weighted by Gasteiger charge is 2.40. The average molecular weight is 324 g/mol. The minimum atomic E-state index is -0.378. The first-order valence-corrected chi connectivity index (χ1v) is 8.54. The predicted octanol–water partition coefficient (Wildman–Crippen LogP) is 2.86. The summed E-state index contributed by atoms with van der Waals surface area (Å²) in [5, 5.41) is 8.26. The summed E-state index contributed by atoms with van der Waals surface area (Å²) in [7, 11) is 2.11. The molecule has 1 saturated heterocycles. The van der Waals surface area contributed by atoms with Gasteiger partial charge < -0.3 is 9.80 Å². The number of carbonyl (C=O) groups excluding carboxylic acids is 1. The van der Waals surface area contributed by atoms with Crippen LogP contribution >= 0.6 is 0 Å². The number of piperazine rings is 1. The zero-order valence-electron chi connectivity index (χ0n) is 14.2. The summed E-state index contributed by atoms with van der Waals surface area (Å²) < 4.78 is 0. The zero-order valence-corrected chi connectivity index (χ0v) is 14.2. The van der Waals surface area contributed by atoms with Crippen LogP contribution in [0.25, 0.3) is 0 Å². The van der Waals surface area contributed by atoms with Gasteiger partial charge in [-0.25, -0.2) is 0 Å². The second-order valence-corrected chi connectivity index (χ2v) is 6.66. The van der Waals surface area contributed by atoms with E-state index in [0.29, 0.717) is 19.3 Å². The molecule has 1 unspecified atom stereocenters. The van der Waals surface area contributed by atoms with Crippen LogP contribution < -0.4 is 0 Å². The van der Waals surface area contributed by atoms with E-state index in [2.05, 4.69) is 40.2 Å². The van der Waals surface area contributed by atoms with Crippen molar-refractivity contribution in [3.8, 4) is 12.3 Å². The molecule has 0 aromatic heterocycles. The van der Waals surface area contributed by atoms with E-state index in [1.807, 2.05) is 23.1 Å². The lowest BCUT2D eigenvalue weighted by molar-refractivity contribution is -0.136. The van der Waals surface area contributed by atoms with Gasteiger partial charge in [0.2, 0.25) is 5.91 Å². The molecule has 126 valence electrons. The highest BCUT2D eigenvalue weighted by molar-refractivity contribution is 5.77. The first-order chi connectivity index (χ1) is 11.6. The topological polar surface area (TPSA) is 48.3 Å². The van der Waals surface area contributed by atoms with Gasteiger partial charge in [0.05, 0.1) is 6.04 Å². The van der Waals surface area contributed by atoms with E-state index in [4.69, 9.17) is 6.42 Å². The standard InChI is InChI=1S/C19H24N4O/c1-3-4-11-19(20-21-19)12-10-18(24)23-14-13-22(2)15-17(23)16-8-6-5-7-9-16/h1,5-9,17H,4,10-15H2,2H3. The molecule has 2 aliphatic heterocycles. The molecule has 1 aromatic carbocycles. The molecule has 5 heteroatoms. The molecule has 0 N–H and O–H groups in total. The summed E-state index contributed by atoms with van der Waals surface area (Å²) in [6, 6.07) is 10.4. The van der Waals surface area contributed by atoms with Crippen molar-refractivity contribution in [1.29, 1.82) is 0 Å². The van der Waals surface area contributed by atoms with Crippen LogP contribution in [0.2, 0.25) is 0 Å². The third kappa shape index (κ3) is 3.82. The average Bonchev–Trinajstić information content (AvgIpc) is 3.39. The highest BCUT2D eigenvalue weighted by atomic mass is 16.2. The van der Waals surface area contributed by atoms with Gasteiger partial charge in [-0.3, -0.25) is 4.79 Å². The highest BCUT2D eigenvalue weighted by Crippen LogP contribution is 2.38. The Morgan fingerprint density at radius 1 is 1.29 bits per heavy atom. The van der Waals surface area contributed by atoms with Crippen LogP contribution in [-0.2, 0) is 4.79 Å². The zero-order chi connectivity index (χ0) is 17.0. The largest absolute Gasteiger partial charge is 0.333 e. The second kappa shape index (κ2) is 7.14. The third-order valence-electron chi connectivity index (χ3n) is 4.88. The molecule has 2 heterocycles. The minimum Gasteiger partial charge on any atom is -0.333 e. The number of carbonyl (C=O) groups is 1. The lowest BCUT2D eigenvalue weighted by Gasteiger charge is -2.40. The van der Waals surface area contributed by atoms with E-state index >= 15 is 0 Å². The molecule has 0 aliphatic carbocycles. The number of hydrogen-bond acceptors (Lipinski definition) is 4. The molecular formula is C19H24N4O. The monoisotopic (exact) mass is 324 g/mol. The van der Waals surface area contributed by atoms with E-state index in [1.54, 1.807) is 0 Å². The molecular weight excluding hydrogens is 300 g/mol. The molecule has 24 heavy (non-hydrogen) atoms. The lowest BCUT2D eigenvalue weighted by Crippen LogP contribution is -2.49. The summed E-state index contributed by atoms with van der Waals surface area (Å²) in [6.07, 6.45) is 7.87. The summed E-state index contributed by atoms with van der Waals surface area (Å²) in [6.45, 7) is 2.54. The number of amides is 1. The van der Waals surface area contributed by atoms with Crippen molar-refractivity contribution in [3.63, 3.8) is 0 Å². The fourth-order valence-corrected chi connectivity index (χ4v) is 3.30. The van der Waals surface area contributed by atoms with Gasteiger partial charge in [0.25, 0.3) is 0 Å². The Labute approximate surface area is 143 Å². The molecule has 1 atom stereocenters. The molecule has 0 spiro atoms. The van der Waals surface area contributed by atoms with Gasteiger partial charge >= 0.3 is 0 Å². The maximum atomic E-state index is 12.8. The number of likely N-dealkylation sites (N-methyl/N-ethyl adjacent to an activating group) is 1. The fourth-order valence-electron chi connectivity index (χ4n) is 3.30. The number of rotatable bonds is 6. The van der Waals surface area contributed by atoms with Crippen molar-refractivity contribution in [2.45, 2.75) is 37.4 Å². The van der Waals surface area contributed by atoms with Gasteiger partial charge in [-0.15, -0.1) is 12.3 Å². The molecule has 3 rings (SSSR count). The molecule has 0 saturated carbocycles. The van der Waals surface area contributed by atoms with Gasteiger partial charge in [0.15, 0.2) is 5.66 Å². The Hall–Kier alpha value is -2.19. The Kier molecular flexibility index (Phi) is 4.96. The Bertz CT molecular complexity index is 643. The first-order valence-electron chi connectivity index (χ1n) is 8.54. The van der Waals surface area contributed by atoms with Crippen molar-refractivity contribution in [1.82, 2.24) is 9.80 Å². The molecule has 2 aliphatic rings. The lowest BCUT2D eigenvalue weighted by atomic mass is 9.99. The van der Waals surface area contributed by atoms with E-state index in [-0.39, 0.29) is 17.6 Å². The van der Waals surface area contributed by atoms with E-state index in [1.165, 1.54) is 5.56 Å². The second-order valence-electron chi connectivity index (χ2n) is 6.66. The van der Waals surface area contributed by atoms with E-state index < -0.39 is 0 Å². The van der Waals surface area contributed by atoms with Crippen molar-refractivity contribution >= 4 is 5.91 Å². The molecule has 0 bridgehead atoms. The molecule has 0 radical (unpaired) electrons. The van der Waals surface area contributed by atoms with Gasteiger partial charge in [0.1, 0.15) is 0 Å². The summed E-state index contributed by atoms with van der Waals surface area (Å²) in [5.74, 6) is 2.82. The van der Waals surface area contributed by atoms with Crippen LogP contribution in [0.5, 0.6) is 0 Å². The Morgan fingerprint density at radius 2 is 2.04 bits per heavy atom. The smallest absolute Gasteiger partial charge is 0.223 e. The Morgan fingerprint density at radius 3 is 2.71 bits per heavy atom. The number of benzene rings is 1. The van der Waals surface area contributed by atoms with Crippen LogP contribution in [0.4, 0.5) is 0 Å². The van der Waals surface area contributed by atoms with Crippen molar-refractivity contribution in [2.24, 2.45) is 10.2 Å². The molecule has 1 fully saturated rings. The molecule has 1 aromatic rings. The maximum absolute atomic E-state index is 12.8. The minimum absolute atomic E-state index is 0.118. The van der Waals surface area contributed by atoms with Gasteiger partial charge in [0, 0.05) is 45.3 Å². The number of terminal acetylenes is 1. The van der Waals surface area contributed by atoms with E-state index in [9.17, 15) is 4.79 Å². The van der Waals surface area contributed by atoms with Crippen LogP contribution in [0.3, 0.4) is 0 Å². The quantitative estimate of drug-likeness (QED) is 0.756. The normalized spacial score (nSPS) is 22.2. The van der Waals surface area contributed by atoms with E-state index in [0.717, 1.165) is 26.1 Å². The van der Waals surface area contributed by atoms with Crippen LogP contribution in [-0.4, -0.2) is 48.1 Å². The van der Waals surface area contributed by atoms with Gasteiger partial charge in [-0.05, 0) is 12.6 Å². The van der Waals surface area contributed by atoms with Gasteiger partial charge in [-0.2, -0.15) is 10.2 Å². The number of nitrogens with zero attached hydrogens (tertiary/aromatic N) is 4. The predicted molar refractivity (Wildman–Crippen MR) is 93.3 cm³/mol. The Balaban J connectivity index is 1.63. The fraction of sp³-hybridized carbons (Fsp3) is 0.526. The molecule has 5 nitrogen and oxygen atoms in total. The van der Waals surface area contributed by atoms with Crippen LogP contribution in [0, 0.1) is 12.3 Å². The SMILES string of the molecule is C#CCCC1(CCC(=O)N2CCN(C)CC2c2ccccc2)N=N1. The van der Waals surface area contributed by atoms with Crippen molar-refractivity contribution < 1.29 is 4.79 Å². The van der Waals surface area contributed by atoms with Crippen molar-refractivity contribution in [2.75, 3.05) is 26.7 Å². The number of hydrogen-bond donors (Lipinski definition) is 0. The van der Waals surface area contributed by atoms with Crippen molar-refractivity contribution in [3.05, 3.63) is 35.9 Å². The van der Waals surface area contributed by atoms with Crippen LogP contribution in [0.1, 0.15) is 37.3 Å². The summed E-state index contributed by atoms with van der Waals surface area (Å²) in [4.78, 5) is 17.1. The first kappa shape index (κ1) is 16.7. The van der Waals surface area contributed by atoms with Gasteiger partial charge in [-0.1, -0.05) is 30.3 Å². The molecule has 1 amide bonds.